The summed E-state index contributed by atoms with van der Waals surface area (Å²) in [4.78, 5) is 23.6. The van der Waals surface area contributed by atoms with E-state index in [-0.39, 0.29) is 18.4 Å². The molecule has 0 bridgehead atoms. The van der Waals surface area contributed by atoms with Crippen LogP contribution in [0.3, 0.4) is 0 Å². The molecule has 0 spiro atoms. The Hall–Kier alpha value is -1.06. The van der Waals surface area contributed by atoms with Gasteiger partial charge < -0.3 is 10.4 Å². The molecule has 0 saturated heterocycles. The highest BCUT2D eigenvalue weighted by atomic mass is 16.4. The molecule has 0 aliphatic heterocycles. The van der Waals surface area contributed by atoms with Crippen LogP contribution in [0.2, 0.25) is 0 Å². The largest absolute Gasteiger partial charge is 0.481 e. The summed E-state index contributed by atoms with van der Waals surface area (Å²) in [6, 6.07) is 0.142. The summed E-state index contributed by atoms with van der Waals surface area (Å²) in [5, 5.41) is 12.4. The molecule has 1 atom stereocenters. The fourth-order valence-electron chi connectivity index (χ4n) is 3.10. The number of carboxylic acid groups (broad SMARTS) is 1. The average Bonchev–Trinajstić information content (AvgIpc) is 2.39. The third-order valence-electron chi connectivity index (χ3n) is 4.41. The minimum absolute atomic E-state index is 0.0988. The highest BCUT2D eigenvalue weighted by molar-refractivity contribution is 5.85. The van der Waals surface area contributed by atoms with Gasteiger partial charge in [0.15, 0.2) is 0 Å². The molecule has 20 heavy (non-hydrogen) atoms. The van der Waals surface area contributed by atoms with Crippen LogP contribution in [0.5, 0.6) is 0 Å². The number of carbonyl (C=O) groups excluding carboxylic acids is 1. The Morgan fingerprint density at radius 2 is 1.85 bits per heavy atom. The van der Waals surface area contributed by atoms with Gasteiger partial charge in [-0.25, -0.2) is 0 Å². The zero-order valence-corrected chi connectivity index (χ0v) is 12.9. The highest BCUT2D eigenvalue weighted by Crippen LogP contribution is 2.39. The lowest BCUT2D eigenvalue weighted by molar-refractivity contribution is -0.154. The fraction of sp³-hybridized carbons (Fsp3) is 0.875. The maximum absolute atomic E-state index is 12.1. The Balaban J connectivity index is 2.44. The van der Waals surface area contributed by atoms with Crippen molar-refractivity contribution in [1.82, 2.24) is 5.32 Å². The number of hydrogen-bond acceptors (Lipinski definition) is 2. The van der Waals surface area contributed by atoms with Gasteiger partial charge in [0.2, 0.25) is 5.91 Å². The molecule has 4 nitrogen and oxygen atoms in total. The lowest BCUT2D eigenvalue weighted by Crippen LogP contribution is -2.41. The molecule has 1 saturated carbocycles. The van der Waals surface area contributed by atoms with E-state index in [9.17, 15) is 14.7 Å². The zero-order chi connectivity index (χ0) is 15.0. The van der Waals surface area contributed by atoms with E-state index in [0.717, 1.165) is 32.1 Å². The van der Waals surface area contributed by atoms with Gasteiger partial charge in [-0.05, 0) is 26.2 Å². The number of aliphatic carboxylic acids is 1. The monoisotopic (exact) mass is 283 g/mol. The van der Waals surface area contributed by atoms with E-state index in [4.69, 9.17) is 0 Å². The average molecular weight is 283 g/mol. The number of rotatable bonds is 8. The van der Waals surface area contributed by atoms with Gasteiger partial charge in [-0.2, -0.15) is 0 Å². The molecular weight excluding hydrogens is 254 g/mol. The second-order valence-corrected chi connectivity index (χ2v) is 6.29. The number of carboxylic acids is 1. The summed E-state index contributed by atoms with van der Waals surface area (Å²) in [5.74, 6) is -0.899. The van der Waals surface area contributed by atoms with E-state index >= 15 is 0 Å². The van der Waals surface area contributed by atoms with Crippen molar-refractivity contribution in [1.29, 1.82) is 0 Å². The van der Waals surface area contributed by atoms with Crippen molar-refractivity contribution < 1.29 is 14.7 Å². The van der Waals surface area contributed by atoms with Gasteiger partial charge in [0, 0.05) is 12.5 Å². The molecule has 0 aromatic carbocycles. The first kappa shape index (κ1) is 17.0. The molecule has 4 heteroatoms. The van der Waals surface area contributed by atoms with Crippen molar-refractivity contribution in [2.24, 2.45) is 5.41 Å². The van der Waals surface area contributed by atoms with Crippen LogP contribution in [0.4, 0.5) is 0 Å². The number of nitrogens with one attached hydrogen (secondary N) is 1. The van der Waals surface area contributed by atoms with Crippen LogP contribution in [-0.4, -0.2) is 23.0 Å². The second-order valence-electron chi connectivity index (χ2n) is 6.29. The molecule has 1 unspecified atom stereocenters. The first-order chi connectivity index (χ1) is 9.50. The molecule has 0 heterocycles. The first-order valence-corrected chi connectivity index (χ1v) is 8.03. The number of unbranched alkanes of at least 4 members (excludes halogenated alkanes) is 2. The normalized spacial score (nSPS) is 19.3. The lowest BCUT2D eigenvalue weighted by atomic mass is 9.71. The van der Waals surface area contributed by atoms with Crippen LogP contribution in [0, 0.1) is 5.41 Å². The van der Waals surface area contributed by atoms with E-state index in [1.807, 2.05) is 6.92 Å². The summed E-state index contributed by atoms with van der Waals surface area (Å²) >= 11 is 0. The first-order valence-electron chi connectivity index (χ1n) is 8.03. The van der Waals surface area contributed by atoms with Gasteiger partial charge in [0.1, 0.15) is 0 Å². The van der Waals surface area contributed by atoms with Crippen molar-refractivity contribution in [3.8, 4) is 0 Å². The van der Waals surface area contributed by atoms with Crippen LogP contribution in [0.25, 0.3) is 0 Å². The third-order valence-corrected chi connectivity index (χ3v) is 4.41. The van der Waals surface area contributed by atoms with Gasteiger partial charge in [-0.3, -0.25) is 9.59 Å². The predicted octanol–water partition coefficient (Wildman–Crippen LogP) is 3.50. The van der Waals surface area contributed by atoms with Crippen LogP contribution in [0.15, 0.2) is 0 Å². The standard InChI is InChI=1S/C16H29NO3/c1-3-4-6-9-13(2)17-14(18)12-16(15(19)20)10-7-5-8-11-16/h13H,3-12H2,1-2H3,(H,17,18)(H,19,20). The minimum Gasteiger partial charge on any atom is -0.481 e. The van der Waals surface area contributed by atoms with Gasteiger partial charge in [-0.15, -0.1) is 0 Å². The Morgan fingerprint density at radius 1 is 1.20 bits per heavy atom. The van der Waals surface area contributed by atoms with E-state index in [1.54, 1.807) is 0 Å². The maximum atomic E-state index is 12.1. The lowest BCUT2D eigenvalue weighted by Gasteiger charge is -2.32. The molecule has 0 radical (unpaired) electrons. The van der Waals surface area contributed by atoms with E-state index in [0.29, 0.717) is 12.8 Å². The molecule has 0 aromatic rings. The van der Waals surface area contributed by atoms with Crippen LogP contribution in [0.1, 0.15) is 78.1 Å². The summed E-state index contributed by atoms with van der Waals surface area (Å²) in [5.41, 5.74) is -0.814. The van der Waals surface area contributed by atoms with Gasteiger partial charge >= 0.3 is 5.97 Å². The molecule has 1 amide bonds. The Kier molecular flexibility index (Phi) is 7.03. The maximum Gasteiger partial charge on any atom is 0.310 e. The van der Waals surface area contributed by atoms with E-state index in [1.165, 1.54) is 12.8 Å². The summed E-state index contributed by atoms with van der Waals surface area (Å²) in [7, 11) is 0. The Bertz CT molecular complexity index is 322. The molecule has 116 valence electrons. The molecule has 1 rings (SSSR count). The Labute approximate surface area is 122 Å². The van der Waals surface area contributed by atoms with Crippen LogP contribution < -0.4 is 5.32 Å². The smallest absolute Gasteiger partial charge is 0.310 e. The fourth-order valence-corrected chi connectivity index (χ4v) is 3.10. The summed E-state index contributed by atoms with van der Waals surface area (Å²) in [6.07, 6.45) is 8.78. The summed E-state index contributed by atoms with van der Waals surface area (Å²) in [6.45, 7) is 4.16. The van der Waals surface area contributed by atoms with Crippen LogP contribution in [-0.2, 0) is 9.59 Å². The number of amides is 1. The van der Waals surface area contributed by atoms with E-state index in [2.05, 4.69) is 12.2 Å². The molecular formula is C16H29NO3. The zero-order valence-electron chi connectivity index (χ0n) is 12.9. The summed E-state index contributed by atoms with van der Waals surface area (Å²) < 4.78 is 0. The molecule has 1 aliphatic carbocycles. The van der Waals surface area contributed by atoms with E-state index < -0.39 is 11.4 Å². The van der Waals surface area contributed by atoms with Gasteiger partial charge in [0.05, 0.1) is 5.41 Å². The highest BCUT2D eigenvalue weighted by Gasteiger charge is 2.41. The van der Waals surface area contributed by atoms with Crippen molar-refractivity contribution >= 4 is 11.9 Å². The van der Waals surface area contributed by atoms with Crippen molar-refractivity contribution in [3.05, 3.63) is 0 Å². The van der Waals surface area contributed by atoms with Gasteiger partial charge in [0.25, 0.3) is 0 Å². The number of hydrogen-bond donors (Lipinski definition) is 2. The van der Waals surface area contributed by atoms with Crippen molar-refractivity contribution in [3.63, 3.8) is 0 Å². The molecule has 1 aliphatic rings. The van der Waals surface area contributed by atoms with Crippen LogP contribution >= 0.6 is 0 Å². The predicted molar refractivity (Wildman–Crippen MR) is 79.5 cm³/mol. The topological polar surface area (TPSA) is 66.4 Å². The SMILES string of the molecule is CCCCCC(C)NC(=O)CC1(C(=O)O)CCCCC1. The molecule has 0 aromatic heterocycles. The quantitative estimate of drug-likeness (QED) is 0.670. The van der Waals surface area contributed by atoms with Crippen molar-refractivity contribution in [2.75, 3.05) is 0 Å². The molecule has 1 fully saturated rings. The Morgan fingerprint density at radius 3 is 2.40 bits per heavy atom. The van der Waals surface area contributed by atoms with Gasteiger partial charge in [-0.1, -0.05) is 45.4 Å². The minimum atomic E-state index is -0.814. The second kappa shape index (κ2) is 8.28. The molecule has 2 N–H and O–H groups in total. The third kappa shape index (κ3) is 5.14. The van der Waals surface area contributed by atoms with Crippen molar-refractivity contribution in [2.45, 2.75) is 84.1 Å². The number of carbonyl (C=O) groups is 2.